The molecule has 7 heteroatoms. The monoisotopic (exact) mass is 317 g/mol. The summed E-state index contributed by atoms with van der Waals surface area (Å²) in [6, 6.07) is 10.4. The van der Waals surface area contributed by atoms with Crippen LogP contribution in [0.5, 0.6) is 0 Å². The molecule has 0 fully saturated rings. The van der Waals surface area contributed by atoms with Gasteiger partial charge in [-0.2, -0.15) is 0 Å². The van der Waals surface area contributed by atoms with Crippen LogP contribution in [-0.2, 0) is 16.4 Å². The molecule has 3 aromatic rings. The molecule has 6 nitrogen and oxygen atoms in total. The fourth-order valence-electron chi connectivity index (χ4n) is 2.36. The summed E-state index contributed by atoms with van der Waals surface area (Å²) in [4.78, 5) is 0.0524. The van der Waals surface area contributed by atoms with Gasteiger partial charge in [-0.25, -0.2) is 13.0 Å². The summed E-state index contributed by atoms with van der Waals surface area (Å²) < 4.78 is 32.7. The minimum absolute atomic E-state index is 0.0524. The topological polar surface area (TPSA) is 85.1 Å². The van der Waals surface area contributed by atoms with E-state index in [1.807, 2.05) is 32.0 Å². The van der Waals surface area contributed by atoms with Crippen molar-refractivity contribution in [1.82, 2.24) is 10.3 Å². The molecule has 0 bridgehead atoms. The van der Waals surface area contributed by atoms with Crippen LogP contribution >= 0.6 is 0 Å². The van der Waals surface area contributed by atoms with Crippen molar-refractivity contribution in [2.24, 2.45) is 0 Å². The van der Waals surface area contributed by atoms with E-state index < -0.39 is 10.0 Å². The Morgan fingerprint density at radius 2 is 1.91 bits per heavy atom. The zero-order valence-electron chi connectivity index (χ0n) is 12.2. The lowest BCUT2D eigenvalue weighted by atomic mass is 10.1. The summed E-state index contributed by atoms with van der Waals surface area (Å²) in [6.07, 6.45) is 0.731. The van der Waals surface area contributed by atoms with E-state index in [9.17, 15) is 8.42 Å². The van der Waals surface area contributed by atoms with Crippen LogP contribution in [0.1, 0.15) is 18.1 Å². The average Bonchev–Trinajstić information content (AvgIpc) is 2.97. The first-order chi connectivity index (χ1) is 10.5. The predicted molar refractivity (Wildman–Crippen MR) is 83.2 cm³/mol. The van der Waals surface area contributed by atoms with Crippen LogP contribution in [0.25, 0.3) is 11.0 Å². The molecule has 1 aromatic heterocycles. The Morgan fingerprint density at radius 3 is 2.68 bits per heavy atom. The van der Waals surface area contributed by atoms with Crippen LogP contribution in [0, 0.1) is 6.92 Å². The molecule has 0 radical (unpaired) electrons. The smallest absolute Gasteiger partial charge is 0.264 e. The maximum absolute atomic E-state index is 12.7. The number of nitrogens with zero attached hydrogens (tertiary/aromatic N) is 2. The van der Waals surface area contributed by atoms with Gasteiger partial charge < -0.3 is 0 Å². The van der Waals surface area contributed by atoms with Crippen molar-refractivity contribution in [2.45, 2.75) is 25.2 Å². The number of aryl methyl sites for hydroxylation is 2. The number of anilines is 1. The van der Waals surface area contributed by atoms with Gasteiger partial charge in [-0.15, -0.1) is 0 Å². The summed E-state index contributed by atoms with van der Waals surface area (Å²) >= 11 is 0. The van der Waals surface area contributed by atoms with Gasteiger partial charge in [0.2, 0.25) is 0 Å². The number of hydrogen-bond donors (Lipinski definition) is 1. The SMILES string of the molecule is CCc1cccc(C)c1NS(=O)(=O)c1cccc2nonc12. The molecular formula is C15H15N3O3S. The van der Waals surface area contributed by atoms with Gasteiger partial charge in [0.1, 0.15) is 10.4 Å². The molecule has 0 saturated carbocycles. The zero-order chi connectivity index (χ0) is 15.7. The standard InChI is InChI=1S/C15H15N3O3S/c1-3-11-7-4-6-10(2)14(11)18-22(19,20)13-9-5-8-12-15(13)17-21-16-12/h4-9,18H,3H2,1-2H3. The molecule has 0 aliphatic heterocycles. The van der Waals surface area contributed by atoms with E-state index in [1.54, 1.807) is 12.1 Å². The third kappa shape index (κ3) is 2.43. The van der Waals surface area contributed by atoms with E-state index in [0.717, 1.165) is 17.5 Å². The lowest BCUT2D eigenvalue weighted by molar-refractivity contribution is 0.315. The van der Waals surface area contributed by atoms with Crippen molar-refractivity contribution < 1.29 is 13.0 Å². The molecule has 0 amide bonds. The highest BCUT2D eigenvalue weighted by molar-refractivity contribution is 7.93. The van der Waals surface area contributed by atoms with Gasteiger partial charge in [-0.05, 0) is 46.9 Å². The second-order valence-electron chi connectivity index (χ2n) is 4.96. The Kier molecular flexibility index (Phi) is 3.58. The minimum Gasteiger partial charge on any atom is -0.279 e. The van der Waals surface area contributed by atoms with Crippen molar-refractivity contribution in [1.29, 1.82) is 0 Å². The Bertz CT molecular complexity index is 932. The van der Waals surface area contributed by atoms with Gasteiger partial charge in [-0.3, -0.25) is 4.72 Å². The van der Waals surface area contributed by atoms with Crippen LogP contribution in [0.4, 0.5) is 5.69 Å². The quantitative estimate of drug-likeness (QED) is 0.799. The molecule has 22 heavy (non-hydrogen) atoms. The van der Waals surface area contributed by atoms with E-state index >= 15 is 0 Å². The van der Waals surface area contributed by atoms with E-state index in [-0.39, 0.29) is 10.4 Å². The van der Waals surface area contributed by atoms with Gasteiger partial charge in [-0.1, -0.05) is 31.2 Å². The van der Waals surface area contributed by atoms with Gasteiger partial charge in [0.05, 0.1) is 5.69 Å². The van der Waals surface area contributed by atoms with Crippen molar-refractivity contribution >= 4 is 26.7 Å². The molecule has 0 aliphatic carbocycles. The fraction of sp³-hybridized carbons (Fsp3) is 0.200. The van der Waals surface area contributed by atoms with Gasteiger partial charge in [0, 0.05) is 0 Å². The summed E-state index contributed by atoms with van der Waals surface area (Å²) in [5.74, 6) is 0. The zero-order valence-corrected chi connectivity index (χ0v) is 13.0. The summed E-state index contributed by atoms with van der Waals surface area (Å²) in [7, 11) is -3.78. The lowest BCUT2D eigenvalue weighted by Gasteiger charge is -2.14. The van der Waals surface area contributed by atoms with E-state index in [1.165, 1.54) is 6.07 Å². The van der Waals surface area contributed by atoms with Crippen molar-refractivity contribution in [3.05, 3.63) is 47.5 Å². The Hall–Kier alpha value is -2.41. The largest absolute Gasteiger partial charge is 0.279 e. The van der Waals surface area contributed by atoms with Crippen LogP contribution < -0.4 is 4.72 Å². The molecule has 0 aliphatic rings. The summed E-state index contributed by atoms with van der Waals surface area (Å²) in [5.41, 5.74) is 3.05. The molecule has 2 aromatic carbocycles. The van der Waals surface area contributed by atoms with Gasteiger partial charge >= 0.3 is 0 Å². The second-order valence-corrected chi connectivity index (χ2v) is 6.61. The highest BCUT2D eigenvalue weighted by atomic mass is 32.2. The summed E-state index contributed by atoms with van der Waals surface area (Å²) in [5, 5.41) is 7.36. The normalized spacial score (nSPS) is 11.7. The number of aromatic nitrogens is 2. The Balaban J connectivity index is 2.11. The first-order valence-corrected chi connectivity index (χ1v) is 8.34. The van der Waals surface area contributed by atoms with Gasteiger partial charge in [0.15, 0.2) is 5.52 Å². The molecule has 3 rings (SSSR count). The Morgan fingerprint density at radius 1 is 1.14 bits per heavy atom. The highest BCUT2D eigenvalue weighted by Crippen LogP contribution is 2.27. The average molecular weight is 317 g/mol. The van der Waals surface area contributed by atoms with E-state index in [4.69, 9.17) is 0 Å². The van der Waals surface area contributed by atoms with Crippen molar-refractivity contribution in [3.63, 3.8) is 0 Å². The number of nitrogens with one attached hydrogen (secondary N) is 1. The second kappa shape index (κ2) is 5.42. The van der Waals surface area contributed by atoms with Crippen LogP contribution in [0.2, 0.25) is 0 Å². The maximum atomic E-state index is 12.7. The fourth-order valence-corrected chi connectivity index (χ4v) is 3.68. The van der Waals surface area contributed by atoms with E-state index in [0.29, 0.717) is 11.2 Å². The summed E-state index contributed by atoms with van der Waals surface area (Å²) in [6.45, 7) is 3.85. The maximum Gasteiger partial charge on any atom is 0.264 e. The number of para-hydroxylation sites is 1. The lowest BCUT2D eigenvalue weighted by Crippen LogP contribution is -2.15. The highest BCUT2D eigenvalue weighted by Gasteiger charge is 2.22. The van der Waals surface area contributed by atoms with Crippen LogP contribution in [0.15, 0.2) is 45.9 Å². The molecule has 0 unspecified atom stereocenters. The number of hydrogen-bond acceptors (Lipinski definition) is 5. The molecule has 114 valence electrons. The number of sulfonamides is 1. The third-order valence-corrected chi connectivity index (χ3v) is 4.90. The molecule has 0 atom stereocenters. The first-order valence-electron chi connectivity index (χ1n) is 6.85. The van der Waals surface area contributed by atoms with Crippen molar-refractivity contribution in [2.75, 3.05) is 4.72 Å². The first kappa shape index (κ1) is 14.5. The molecule has 1 N–H and O–H groups in total. The van der Waals surface area contributed by atoms with Crippen LogP contribution in [0.3, 0.4) is 0 Å². The van der Waals surface area contributed by atoms with Crippen molar-refractivity contribution in [3.8, 4) is 0 Å². The van der Waals surface area contributed by atoms with E-state index in [2.05, 4.69) is 19.7 Å². The third-order valence-electron chi connectivity index (χ3n) is 3.51. The Labute approximate surface area is 128 Å². The number of rotatable bonds is 4. The molecule has 0 spiro atoms. The molecule has 1 heterocycles. The number of benzene rings is 2. The molecular weight excluding hydrogens is 302 g/mol. The molecule has 0 saturated heterocycles. The number of fused-ring (bicyclic) bond motifs is 1. The van der Waals surface area contributed by atoms with Gasteiger partial charge in [0.25, 0.3) is 10.0 Å². The minimum atomic E-state index is -3.78. The van der Waals surface area contributed by atoms with Crippen LogP contribution in [-0.4, -0.2) is 18.7 Å². The predicted octanol–water partition coefficient (Wildman–Crippen LogP) is 2.89.